The number of hydrogen-bond donors (Lipinski definition) is 3. The monoisotopic (exact) mass is 754 g/mol. The Kier molecular flexibility index (Phi) is 11.6. The Balaban J connectivity index is 1.27. The van der Waals surface area contributed by atoms with Gasteiger partial charge in [0.15, 0.2) is 0 Å². The Labute approximate surface area is 325 Å². The van der Waals surface area contributed by atoms with Gasteiger partial charge in [0.05, 0.1) is 25.0 Å². The van der Waals surface area contributed by atoms with Crippen LogP contribution in [0.1, 0.15) is 123 Å². The number of anilines is 1. The normalized spacial score (nSPS) is 19.2. The molecular formula is C43H58N6O6. The number of fused-ring (bicyclic) bond motifs is 3. The van der Waals surface area contributed by atoms with Crippen molar-refractivity contribution in [3.05, 3.63) is 59.5 Å². The molecule has 0 spiro atoms. The fourth-order valence-electron chi connectivity index (χ4n) is 8.91. The van der Waals surface area contributed by atoms with Crippen LogP contribution in [0.15, 0.2) is 42.6 Å². The maximum absolute atomic E-state index is 13.7. The molecule has 0 bridgehead atoms. The van der Waals surface area contributed by atoms with Crippen molar-refractivity contribution in [2.45, 2.75) is 129 Å². The van der Waals surface area contributed by atoms with Crippen LogP contribution in [0.25, 0.3) is 22.4 Å². The van der Waals surface area contributed by atoms with E-state index in [0.717, 1.165) is 67.7 Å². The number of likely N-dealkylation sites (tertiary alicyclic amines) is 2. The third-order valence-electron chi connectivity index (χ3n) is 11.3. The zero-order valence-corrected chi connectivity index (χ0v) is 33.7. The van der Waals surface area contributed by atoms with Crippen molar-refractivity contribution >= 4 is 29.7 Å². The van der Waals surface area contributed by atoms with Crippen LogP contribution in [0.3, 0.4) is 0 Å². The minimum absolute atomic E-state index is 0.115. The van der Waals surface area contributed by atoms with Crippen LogP contribution in [-0.4, -0.2) is 81.7 Å². The molecule has 12 nitrogen and oxygen atoms in total. The number of carbonyl (C=O) groups is 4. The van der Waals surface area contributed by atoms with Crippen molar-refractivity contribution in [3.8, 4) is 22.4 Å². The smallest absolute Gasteiger partial charge is 0.410 e. The van der Waals surface area contributed by atoms with Gasteiger partial charge in [0.1, 0.15) is 23.5 Å². The molecule has 2 aromatic carbocycles. The van der Waals surface area contributed by atoms with Gasteiger partial charge >= 0.3 is 12.2 Å². The Morgan fingerprint density at radius 1 is 0.945 bits per heavy atom. The van der Waals surface area contributed by atoms with E-state index in [4.69, 9.17) is 14.5 Å². The second-order valence-electron chi connectivity index (χ2n) is 16.7. The summed E-state index contributed by atoms with van der Waals surface area (Å²) >= 11 is 0. The van der Waals surface area contributed by atoms with E-state index in [1.807, 2.05) is 51.8 Å². The number of nitrogens with zero attached hydrogens (tertiary/aromatic N) is 3. The molecule has 12 heteroatoms. The van der Waals surface area contributed by atoms with Crippen molar-refractivity contribution in [2.24, 2.45) is 5.92 Å². The molecule has 0 saturated carbocycles. The van der Waals surface area contributed by atoms with Gasteiger partial charge in [-0.15, -0.1) is 0 Å². The molecule has 2 aliphatic heterocycles. The van der Waals surface area contributed by atoms with E-state index in [0.29, 0.717) is 19.5 Å². The molecular weight excluding hydrogens is 697 g/mol. The van der Waals surface area contributed by atoms with Crippen molar-refractivity contribution in [1.29, 1.82) is 0 Å². The number of hydrogen-bond acceptors (Lipinski definition) is 7. The zero-order valence-electron chi connectivity index (χ0n) is 33.7. The molecule has 6 rings (SSSR count). The third kappa shape index (κ3) is 7.95. The van der Waals surface area contributed by atoms with E-state index in [9.17, 15) is 19.2 Å². The minimum atomic E-state index is -0.699. The summed E-state index contributed by atoms with van der Waals surface area (Å²) in [6.07, 6.45) is 7.58. The molecule has 3 heterocycles. The Morgan fingerprint density at radius 3 is 2.25 bits per heavy atom. The lowest BCUT2D eigenvalue weighted by Gasteiger charge is -2.32. The van der Waals surface area contributed by atoms with Gasteiger partial charge in [0.25, 0.3) is 0 Å². The first-order valence-electron chi connectivity index (χ1n) is 20.0. The molecule has 296 valence electrons. The predicted octanol–water partition coefficient (Wildman–Crippen LogP) is 8.33. The highest BCUT2D eigenvalue weighted by Crippen LogP contribution is 2.55. The molecule has 0 radical (unpaired) electrons. The molecule has 55 heavy (non-hydrogen) atoms. The number of nitrogens with one attached hydrogen (secondary N) is 3. The SMILES string of the molecule is CCCC1(CCC)c2cc(NC(=O)[C@@H]3CCCN3C(=O)OC(C)(C)C)ccc2-c2ccc(-c3cnc([C@@H]4CCCN4C(=O)[C@@H](NC(=O)OC)C(C)C)[nH]3)cc21. The van der Waals surface area contributed by atoms with Crippen LogP contribution >= 0.6 is 0 Å². The highest BCUT2D eigenvalue weighted by Gasteiger charge is 2.43. The lowest BCUT2D eigenvalue weighted by Crippen LogP contribution is -2.51. The summed E-state index contributed by atoms with van der Waals surface area (Å²) in [6.45, 7) is 14.8. The summed E-state index contributed by atoms with van der Waals surface area (Å²) < 4.78 is 10.4. The Bertz CT molecular complexity index is 1910. The van der Waals surface area contributed by atoms with Gasteiger partial charge in [-0.3, -0.25) is 14.5 Å². The molecule has 3 N–H and O–H groups in total. The number of rotatable bonds is 11. The second kappa shape index (κ2) is 16.1. The molecule has 2 fully saturated rings. The number of methoxy groups -OCH3 is 1. The van der Waals surface area contributed by atoms with Crippen LogP contribution in [-0.2, 0) is 24.5 Å². The van der Waals surface area contributed by atoms with E-state index in [1.54, 1.807) is 4.90 Å². The van der Waals surface area contributed by atoms with E-state index >= 15 is 0 Å². The summed E-state index contributed by atoms with van der Waals surface area (Å²) in [6, 6.07) is 11.3. The summed E-state index contributed by atoms with van der Waals surface area (Å²) in [5.74, 6) is 0.275. The topological polar surface area (TPSA) is 146 Å². The third-order valence-corrected chi connectivity index (χ3v) is 11.3. The Hall–Kier alpha value is -4.87. The summed E-state index contributed by atoms with van der Waals surface area (Å²) in [5, 5.41) is 5.88. The highest BCUT2D eigenvalue weighted by atomic mass is 16.6. The molecule has 3 aliphatic rings. The lowest BCUT2D eigenvalue weighted by atomic mass is 9.71. The van der Waals surface area contributed by atoms with E-state index in [1.165, 1.54) is 29.4 Å². The molecule has 1 aliphatic carbocycles. The number of carbonyl (C=O) groups excluding carboxylic acids is 4. The molecule has 3 atom stereocenters. The second-order valence-corrected chi connectivity index (χ2v) is 16.7. The molecule has 4 amide bonds. The first kappa shape index (κ1) is 39.8. The van der Waals surface area contributed by atoms with Crippen LogP contribution in [0.4, 0.5) is 15.3 Å². The van der Waals surface area contributed by atoms with Crippen LogP contribution in [0, 0.1) is 5.92 Å². The first-order valence-corrected chi connectivity index (χ1v) is 20.0. The number of benzene rings is 2. The van der Waals surface area contributed by atoms with E-state index in [2.05, 4.69) is 59.8 Å². The van der Waals surface area contributed by atoms with Gasteiger partial charge in [-0.1, -0.05) is 58.7 Å². The number of aromatic nitrogens is 2. The molecule has 0 unspecified atom stereocenters. The summed E-state index contributed by atoms with van der Waals surface area (Å²) in [7, 11) is 1.30. The minimum Gasteiger partial charge on any atom is -0.453 e. The Morgan fingerprint density at radius 2 is 1.60 bits per heavy atom. The molecule has 1 aromatic heterocycles. The average molecular weight is 755 g/mol. The molecule has 3 aromatic rings. The van der Waals surface area contributed by atoms with Gasteiger partial charge in [-0.25, -0.2) is 14.6 Å². The first-order chi connectivity index (χ1) is 26.2. The standard InChI is InChI=1S/C43H58N6O6/c1-9-19-43(20-10-2)31-23-27(33-25-44-37(46-33)34-13-11-21-48(34)39(51)36(26(3)4)47-40(52)54-8)15-17-29(31)30-18-16-28(24-32(30)43)45-38(50)35-14-12-22-49(35)41(53)55-42(5,6)7/h15-18,23-26,34-36H,9-14,19-22H2,1-8H3,(H,44,46)(H,45,50)(H,47,52)/t34-,35-,36-/m0/s1. The number of H-pyrrole nitrogens is 1. The van der Waals surface area contributed by atoms with E-state index < -0.39 is 29.9 Å². The molecule has 2 saturated heterocycles. The van der Waals surface area contributed by atoms with Gasteiger partial charge in [-0.2, -0.15) is 0 Å². The fourth-order valence-corrected chi connectivity index (χ4v) is 8.91. The maximum atomic E-state index is 13.7. The fraction of sp³-hybridized carbons (Fsp3) is 0.558. The number of aromatic amines is 1. The highest BCUT2D eigenvalue weighted by molar-refractivity contribution is 5.98. The van der Waals surface area contributed by atoms with Crippen LogP contribution in [0.2, 0.25) is 0 Å². The number of amides is 4. The maximum Gasteiger partial charge on any atom is 0.410 e. The van der Waals surface area contributed by atoms with Gasteiger partial charge in [0, 0.05) is 24.2 Å². The van der Waals surface area contributed by atoms with Crippen LogP contribution < -0.4 is 10.6 Å². The average Bonchev–Trinajstić information content (AvgIpc) is 3.96. The predicted molar refractivity (Wildman–Crippen MR) is 213 cm³/mol. The number of ether oxygens (including phenoxy) is 2. The summed E-state index contributed by atoms with van der Waals surface area (Å²) in [5.41, 5.74) is 6.56. The van der Waals surface area contributed by atoms with Crippen molar-refractivity contribution in [1.82, 2.24) is 25.1 Å². The van der Waals surface area contributed by atoms with Gasteiger partial charge in [-0.05, 0) is 111 Å². The number of alkyl carbamates (subject to hydrolysis) is 1. The van der Waals surface area contributed by atoms with Crippen molar-refractivity contribution in [3.63, 3.8) is 0 Å². The van der Waals surface area contributed by atoms with Crippen LogP contribution in [0.5, 0.6) is 0 Å². The lowest BCUT2D eigenvalue weighted by molar-refractivity contribution is -0.135. The van der Waals surface area contributed by atoms with Crippen molar-refractivity contribution in [2.75, 3.05) is 25.5 Å². The zero-order chi connectivity index (χ0) is 39.7. The number of imidazole rings is 1. The summed E-state index contributed by atoms with van der Waals surface area (Å²) in [4.78, 5) is 64.2. The van der Waals surface area contributed by atoms with Gasteiger partial charge in [0.2, 0.25) is 11.8 Å². The van der Waals surface area contributed by atoms with Crippen molar-refractivity contribution < 1.29 is 28.7 Å². The quantitative estimate of drug-likeness (QED) is 0.178. The largest absolute Gasteiger partial charge is 0.453 e. The van der Waals surface area contributed by atoms with Gasteiger partial charge < -0.3 is 30.0 Å². The van der Waals surface area contributed by atoms with E-state index in [-0.39, 0.29) is 29.2 Å².